The SMILES string of the molecule is CCOC(=O)NC1CCC2(CC1)OCCO2. The van der Waals surface area contributed by atoms with Crippen molar-refractivity contribution >= 4 is 6.09 Å². The summed E-state index contributed by atoms with van der Waals surface area (Å²) in [7, 11) is 0. The number of ether oxygens (including phenoxy) is 3. The molecule has 0 bridgehead atoms. The summed E-state index contributed by atoms with van der Waals surface area (Å²) in [5.41, 5.74) is 0. The van der Waals surface area contributed by atoms with Crippen molar-refractivity contribution in [2.24, 2.45) is 0 Å². The maximum atomic E-state index is 11.2. The minimum absolute atomic E-state index is 0.192. The first kappa shape index (κ1) is 11.7. The normalized spacial score (nSPS) is 24.6. The standard InChI is InChI=1S/C11H19NO4/c1-2-14-10(13)12-9-3-5-11(6-4-9)15-7-8-16-11/h9H,2-8H2,1H3,(H,12,13). The quantitative estimate of drug-likeness (QED) is 0.778. The highest BCUT2D eigenvalue weighted by Crippen LogP contribution is 2.35. The Balaban J connectivity index is 1.74. The molecule has 1 aliphatic carbocycles. The van der Waals surface area contributed by atoms with Crippen LogP contribution in [0.2, 0.25) is 0 Å². The molecule has 5 heteroatoms. The Morgan fingerprint density at radius 3 is 2.56 bits per heavy atom. The number of hydrogen-bond donors (Lipinski definition) is 1. The van der Waals surface area contributed by atoms with Crippen LogP contribution in [0, 0.1) is 0 Å². The van der Waals surface area contributed by atoms with Gasteiger partial charge in [0, 0.05) is 18.9 Å². The van der Waals surface area contributed by atoms with Crippen LogP contribution >= 0.6 is 0 Å². The van der Waals surface area contributed by atoms with Gasteiger partial charge in [-0.2, -0.15) is 0 Å². The average molecular weight is 229 g/mol. The van der Waals surface area contributed by atoms with Gasteiger partial charge >= 0.3 is 6.09 Å². The zero-order valence-electron chi connectivity index (χ0n) is 9.66. The molecule has 1 saturated heterocycles. The fourth-order valence-corrected chi connectivity index (χ4v) is 2.33. The number of rotatable bonds is 2. The summed E-state index contributed by atoms with van der Waals surface area (Å²) in [6.45, 7) is 3.59. The van der Waals surface area contributed by atoms with Gasteiger partial charge in [0.05, 0.1) is 19.8 Å². The third-order valence-electron chi connectivity index (χ3n) is 3.16. The zero-order valence-corrected chi connectivity index (χ0v) is 9.66. The second-order valence-corrected chi connectivity index (χ2v) is 4.25. The van der Waals surface area contributed by atoms with Crippen LogP contribution in [0.15, 0.2) is 0 Å². The van der Waals surface area contributed by atoms with Gasteiger partial charge in [0.2, 0.25) is 0 Å². The molecule has 92 valence electrons. The Kier molecular flexibility index (Phi) is 3.66. The van der Waals surface area contributed by atoms with E-state index in [4.69, 9.17) is 14.2 Å². The van der Waals surface area contributed by atoms with Crippen LogP contribution < -0.4 is 5.32 Å². The molecule has 1 amide bonds. The van der Waals surface area contributed by atoms with E-state index in [0.29, 0.717) is 19.8 Å². The van der Waals surface area contributed by atoms with Crippen LogP contribution in [0.5, 0.6) is 0 Å². The average Bonchev–Trinajstić information content (AvgIpc) is 2.71. The van der Waals surface area contributed by atoms with Gasteiger partial charge in [-0.25, -0.2) is 4.79 Å². The molecule has 0 aromatic carbocycles. The number of amides is 1. The second-order valence-electron chi connectivity index (χ2n) is 4.25. The van der Waals surface area contributed by atoms with Crippen LogP contribution in [0.4, 0.5) is 4.79 Å². The van der Waals surface area contributed by atoms with Gasteiger partial charge in [-0.3, -0.25) is 0 Å². The lowest BCUT2D eigenvalue weighted by atomic mass is 9.90. The van der Waals surface area contributed by atoms with Gasteiger partial charge in [0.15, 0.2) is 5.79 Å². The van der Waals surface area contributed by atoms with E-state index >= 15 is 0 Å². The second kappa shape index (κ2) is 5.01. The highest BCUT2D eigenvalue weighted by Gasteiger charge is 2.40. The number of hydrogen-bond acceptors (Lipinski definition) is 4. The van der Waals surface area contributed by atoms with E-state index in [0.717, 1.165) is 25.7 Å². The zero-order chi connectivity index (χ0) is 11.4. The molecule has 2 fully saturated rings. The van der Waals surface area contributed by atoms with Crippen LogP contribution in [-0.4, -0.2) is 37.7 Å². The first-order chi connectivity index (χ1) is 7.74. The molecule has 1 heterocycles. The third-order valence-corrected chi connectivity index (χ3v) is 3.16. The van der Waals surface area contributed by atoms with Crippen molar-refractivity contribution in [2.45, 2.75) is 44.4 Å². The van der Waals surface area contributed by atoms with Crippen molar-refractivity contribution in [1.82, 2.24) is 5.32 Å². The molecule has 0 atom stereocenters. The van der Waals surface area contributed by atoms with Gasteiger partial charge in [-0.1, -0.05) is 0 Å². The summed E-state index contributed by atoms with van der Waals surface area (Å²) in [5.74, 6) is -0.354. The van der Waals surface area contributed by atoms with E-state index in [2.05, 4.69) is 5.32 Å². The molecule has 0 unspecified atom stereocenters. The third kappa shape index (κ3) is 2.65. The van der Waals surface area contributed by atoms with Gasteiger partial charge < -0.3 is 19.5 Å². The summed E-state index contributed by atoms with van der Waals surface area (Å²) >= 11 is 0. The van der Waals surface area contributed by atoms with Crippen molar-refractivity contribution in [3.05, 3.63) is 0 Å². The lowest BCUT2D eigenvalue weighted by Gasteiger charge is -2.35. The van der Waals surface area contributed by atoms with Gasteiger partial charge in [-0.15, -0.1) is 0 Å². The molecule has 5 nitrogen and oxygen atoms in total. The molecule has 2 aliphatic rings. The van der Waals surface area contributed by atoms with E-state index in [1.54, 1.807) is 6.92 Å². The molecule has 0 aromatic heterocycles. The van der Waals surface area contributed by atoms with Gasteiger partial charge in [0.1, 0.15) is 0 Å². The monoisotopic (exact) mass is 229 g/mol. The predicted octanol–water partition coefficient (Wildman–Crippen LogP) is 1.42. The van der Waals surface area contributed by atoms with Gasteiger partial charge in [-0.05, 0) is 19.8 Å². The molecule has 1 aliphatic heterocycles. The first-order valence-corrected chi connectivity index (χ1v) is 5.95. The number of carbonyl (C=O) groups excluding carboxylic acids is 1. The van der Waals surface area contributed by atoms with Crippen molar-refractivity contribution < 1.29 is 19.0 Å². The smallest absolute Gasteiger partial charge is 0.407 e. The minimum atomic E-state index is -0.354. The van der Waals surface area contributed by atoms with E-state index in [1.165, 1.54) is 0 Å². The summed E-state index contributed by atoms with van der Waals surface area (Å²) in [6, 6.07) is 0.192. The minimum Gasteiger partial charge on any atom is -0.450 e. The van der Waals surface area contributed by atoms with E-state index in [9.17, 15) is 4.79 Å². The van der Waals surface area contributed by atoms with Gasteiger partial charge in [0.25, 0.3) is 0 Å². The fraction of sp³-hybridized carbons (Fsp3) is 0.909. The summed E-state index contributed by atoms with van der Waals surface area (Å²) in [6.07, 6.45) is 3.16. The highest BCUT2D eigenvalue weighted by molar-refractivity contribution is 5.67. The Morgan fingerprint density at radius 1 is 1.38 bits per heavy atom. The predicted molar refractivity (Wildman–Crippen MR) is 57.0 cm³/mol. The summed E-state index contributed by atoms with van der Waals surface area (Å²) in [4.78, 5) is 11.2. The van der Waals surface area contributed by atoms with E-state index in [-0.39, 0.29) is 17.9 Å². The molecule has 0 radical (unpaired) electrons. The molecule has 2 rings (SSSR count). The lowest BCUT2D eigenvalue weighted by molar-refractivity contribution is -0.179. The maximum Gasteiger partial charge on any atom is 0.407 e. The molecular weight excluding hydrogens is 210 g/mol. The van der Waals surface area contributed by atoms with Crippen LogP contribution in [0.25, 0.3) is 0 Å². The van der Waals surface area contributed by atoms with Crippen molar-refractivity contribution in [1.29, 1.82) is 0 Å². The van der Waals surface area contributed by atoms with Crippen molar-refractivity contribution in [3.63, 3.8) is 0 Å². The highest BCUT2D eigenvalue weighted by atomic mass is 16.7. The van der Waals surface area contributed by atoms with Crippen molar-refractivity contribution in [3.8, 4) is 0 Å². The lowest BCUT2D eigenvalue weighted by Crippen LogP contribution is -2.44. The molecular formula is C11H19NO4. The molecule has 16 heavy (non-hydrogen) atoms. The summed E-state index contributed by atoms with van der Waals surface area (Å²) < 4.78 is 16.1. The van der Waals surface area contributed by atoms with E-state index in [1.807, 2.05) is 0 Å². The Labute approximate surface area is 95.4 Å². The molecule has 0 aromatic rings. The number of alkyl carbamates (subject to hydrolysis) is 1. The maximum absolute atomic E-state index is 11.2. The Bertz CT molecular complexity index is 240. The number of carbonyl (C=O) groups is 1. The first-order valence-electron chi connectivity index (χ1n) is 5.95. The molecule has 1 saturated carbocycles. The summed E-state index contributed by atoms with van der Waals surface area (Å²) in [5, 5.41) is 2.85. The molecule has 1 N–H and O–H groups in total. The van der Waals surface area contributed by atoms with Crippen LogP contribution in [-0.2, 0) is 14.2 Å². The Hall–Kier alpha value is -0.810. The largest absolute Gasteiger partial charge is 0.450 e. The topological polar surface area (TPSA) is 56.8 Å². The molecule has 1 spiro atoms. The fourth-order valence-electron chi connectivity index (χ4n) is 2.33. The van der Waals surface area contributed by atoms with Crippen molar-refractivity contribution in [2.75, 3.05) is 19.8 Å². The van der Waals surface area contributed by atoms with Crippen LogP contribution in [0.3, 0.4) is 0 Å². The van der Waals surface area contributed by atoms with E-state index < -0.39 is 0 Å². The number of nitrogens with one attached hydrogen (secondary N) is 1. The Morgan fingerprint density at radius 2 is 2.00 bits per heavy atom. The van der Waals surface area contributed by atoms with Crippen LogP contribution in [0.1, 0.15) is 32.6 Å².